The van der Waals surface area contributed by atoms with Crippen LogP contribution in [0.1, 0.15) is 42.9 Å². The van der Waals surface area contributed by atoms with Gasteiger partial charge in [0.15, 0.2) is 0 Å². The standard InChI is InChI=1S/C16H22N2O.ClH/c1-18(16(19)11-13-6-4-10-17-13)15-9-8-12-5-2-3-7-14(12)15;/h2-3,5,7,13,15,17H,4,6,8-11H2,1H3;1H. The smallest absolute Gasteiger partial charge is 0.224 e. The van der Waals surface area contributed by atoms with Crippen molar-refractivity contribution in [1.82, 2.24) is 10.2 Å². The van der Waals surface area contributed by atoms with Gasteiger partial charge in [0.05, 0.1) is 6.04 Å². The molecule has 1 fully saturated rings. The molecule has 3 nitrogen and oxygen atoms in total. The van der Waals surface area contributed by atoms with Crippen LogP contribution in [0.5, 0.6) is 0 Å². The molecule has 20 heavy (non-hydrogen) atoms. The molecule has 0 aromatic heterocycles. The summed E-state index contributed by atoms with van der Waals surface area (Å²) in [6.07, 6.45) is 5.16. The number of fused-ring (bicyclic) bond motifs is 1. The van der Waals surface area contributed by atoms with Crippen LogP contribution in [0.4, 0.5) is 0 Å². The normalized spacial score (nSPS) is 24.1. The number of benzene rings is 1. The van der Waals surface area contributed by atoms with Crippen LogP contribution in [0, 0.1) is 0 Å². The highest BCUT2D eigenvalue weighted by molar-refractivity contribution is 5.85. The molecule has 1 amide bonds. The first kappa shape index (κ1) is 15.3. The van der Waals surface area contributed by atoms with Crippen LogP contribution >= 0.6 is 12.4 Å². The van der Waals surface area contributed by atoms with Gasteiger partial charge in [-0.3, -0.25) is 4.79 Å². The first-order valence-electron chi connectivity index (χ1n) is 7.32. The number of carbonyl (C=O) groups excluding carboxylic acids is 1. The predicted octanol–water partition coefficient (Wildman–Crippen LogP) is 2.70. The third kappa shape index (κ3) is 2.99. The average Bonchev–Trinajstić information content (AvgIpc) is 3.06. The summed E-state index contributed by atoms with van der Waals surface area (Å²) in [5.74, 6) is 0.279. The molecule has 110 valence electrons. The molecule has 1 saturated heterocycles. The second kappa shape index (κ2) is 6.59. The van der Waals surface area contributed by atoms with Gasteiger partial charge >= 0.3 is 0 Å². The SMILES string of the molecule is CN(C(=O)CC1CCCN1)C1CCc2ccccc21.Cl. The molecule has 0 bridgehead atoms. The minimum Gasteiger partial charge on any atom is -0.339 e. The van der Waals surface area contributed by atoms with Crippen molar-refractivity contribution in [2.75, 3.05) is 13.6 Å². The lowest BCUT2D eigenvalue weighted by Crippen LogP contribution is -2.35. The Balaban J connectivity index is 0.00000147. The second-order valence-electron chi connectivity index (χ2n) is 5.76. The van der Waals surface area contributed by atoms with E-state index in [1.165, 1.54) is 17.5 Å². The molecule has 2 unspecified atom stereocenters. The molecule has 1 aliphatic heterocycles. The third-order valence-electron chi connectivity index (χ3n) is 4.55. The van der Waals surface area contributed by atoms with Gasteiger partial charge in [-0.1, -0.05) is 24.3 Å². The molecule has 3 rings (SSSR count). The van der Waals surface area contributed by atoms with E-state index in [2.05, 4.69) is 29.6 Å². The molecule has 1 aromatic carbocycles. The molecule has 0 saturated carbocycles. The van der Waals surface area contributed by atoms with Gasteiger partial charge in [-0.05, 0) is 43.4 Å². The van der Waals surface area contributed by atoms with Crippen molar-refractivity contribution in [2.45, 2.75) is 44.2 Å². The maximum absolute atomic E-state index is 12.4. The van der Waals surface area contributed by atoms with E-state index in [1.807, 2.05) is 11.9 Å². The van der Waals surface area contributed by atoms with Gasteiger partial charge in [-0.15, -0.1) is 12.4 Å². The average molecular weight is 295 g/mol. The molecular formula is C16H23ClN2O. The Morgan fingerprint density at radius 2 is 2.15 bits per heavy atom. The highest BCUT2D eigenvalue weighted by atomic mass is 35.5. The summed E-state index contributed by atoms with van der Waals surface area (Å²) in [5.41, 5.74) is 2.75. The van der Waals surface area contributed by atoms with Crippen molar-refractivity contribution in [2.24, 2.45) is 0 Å². The number of hydrogen-bond acceptors (Lipinski definition) is 2. The fourth-order valence-corrected chi connectivity index (χ4v) is 3.40. The van der Waals surface area contributed by atoms with Crippen molar-refractivity contribution >= 4 is 18.3 Å². The molecule has 0 spiro atoms. The van der Waals surface area contributed by atoms with Crippen LogP contribution in [-0.2, 0) is 11.2 Å². The van der Waals surface area contributed by atoms with Crippen molar-refractivity contribution in [3.05, 3.63) is 35.4 Å². The zero-order chi connectivity index (χ0) is 13.2. The van der Waals surface area contributed by atoms with Crippen LogP contribution in [0.3, 0.4) is 0 Å². The quantitative estimate of drug-likeness (QED) is 0.930. The monoisotopic (exact) mass is 294 g/mol. The Morgan fingerprint density at radius 3 is 2.90 bits per heavy atom. The number of halogens is 1. The van der Waals surface area contributed by atoms with Crippen LogP contribution in [0.2, 0.25) is 0 Å². The van der Waals surface area contributed by atoms with Crippen molar-refractivity contribution in [3.63, 3.8) is 0 Å². The van der Waals surface area contributed by atoms with Crippen LogP contribution in [-0.4, -0.2) is 30.4 Å². The predicted molar refractivity (Wildman–Crippen MR) is 83.2 cm³/mol. The highest BCUT2D eigenvalue weighted by Crippen LogP contribution is 2.35. The first-order chi connectivity index (χ1) is 9.25. The maximum Gasteiger partial charge on any atom is 0.224 e. The van der Waals surface area contributed by atoms with Crippen LogP contribution in [0.25, 0.3) is 0 Å². The summed E-state index contributed by atoms with van der Waals surface area (Å²) < 4.78 is 0. The van der Waals surface area contributed by atoms with E-state index in [0.717, 1.165) is 25.8 Å². The fourth-order valence-electron chi connectivity index (χ4n) is 3.40. The van der Waals surface area contributed by atoms with Gasteiger partial charge < -0.3 is 10.2 Å². The highest BCUT2D eigenvalue weighted by Gasteiger charge is 2.29. The molecule has 2 atom stereocenters. The van der Waals surface area contributed by atoms with E-state index in [4.69, 9.17) is 0 Å². The van der Waals surface area contributed by atoms with Crippen molar-refractivity contribution in [3.8, 4) is 0 Å². The van der Waals surface area contributed by atoms with Crippen molar-refractivity contribution in [1.29, 1.82) is 0 Å². The fraction of sp³-hybridized carbons (Fsp3) is 0.562. The van der Waals surface area contributed by atoms with Gasteiger partial charge in [0, 0.05) is 19.5 Å². The molecule has 0 radical (unpaired) electrons. The van der Waals surface area contributed by atoms with E-state index in [0.29, 0.717) is 12.5 Å². The lowest BCUT2D eigenvalue weighted by Gasteiger charge is -2.26. The Labute approximate surface area is 127 Å². The molecule has 2 aliphatic rings. The molecule has 1 N–H and O–H groups in total. The topological polar surface area (TPSA) is 32.3 Å². The summed E-state index contributed by atoms with van der Waals surface area (Å²) in [6, 6.07) is 9.20. The minimum absolute atomic E-state index is 0. The molecule has 1 heterocycles. The van der Waals surface area contributed by atoms with E-state index in [9.17, 15) is 4.79 Å². The number of carbonyl (C=O) groups is 1. The number of rotatable bonds is 3. The van der Waals surface area contributed by atoms with Gasteiger partial charge in [0.2, 0.25) is 5.91 Å². The summed E-state index contributed by atoms with van der Waals surface area (Å²) >= 11 is 0. The van der Waals surface area contributed by atoms with E-state index >= 15 is 0 Å². The van der Waals surface area contributed by atoms with Gasteiger partial charge in [-0.2, -0.15) is 0 Å². The van der Waals surface area contributed by atoms with E-state index < -0.39 is 0 Å². The van der Waals surface area contributed by atoms with Crippen molar-refractivity contribution < 1.29 is 4.79 Å². The molecular weight excluding hydrogens is 272 g/mol. The van der Waals surface area contributed by atoms with E-state index in [1.54, 1.807) is 0 Å². The zero-order valence-corrected chi connectivity index (χ0v) is 12.8. The third-order valence-corrected chi connectivity index (χ3v) is 4.55. The molecule has 1 aromatic rings. The number of nitrogens with one attached hydrogen (secondary N) is 1. The largest absolute Gasteiger partial charge is 0.339 e. The lowest BCUT2D eigenvalue weighted by atomic mass is 10.1. The van der Waals surface area contributed by atoms with Gasteiger partial charge in [0.1, 0.15) is 0 Å². The number of aryl methyl sites for hydroxylation is 1. The number of hydrogen-bond donors (Lipinski definition) is 1. The Morgan fingerprint density at radius 1 is 1.35 bits per heavy atom. The number of amides is 1. The minimum atomic E-state index is 0. The maximum atomic E-state index is 12.4. The summed E-state index contributed by atoms with van der Waals surface area (Å²) in [4.78, 5) is 14.3. The number of nitrogens with zero attached hydrogens (tertiary/aromatic N) is 1. The Hall–Kier alpha value is -1.06. The first-order valence-corrected chi connectivity index (χ1v) is 7.32. The van der Waals surface area contributed by atoms with Gasteiger partial charge in [0.25, 0.3) is 0 Å². The van der Waals surface area contributed by atoms with Crippen LogP contribution < -0.4 is 5.32 Å². The summed E-state index contributed by atoms with van der Waals surface area (Å²) in [7, 11) is 1.96. The molecule has 4 heteroatoms. The second-order valence-corrected chi connectivity index (χ2v) is 5.76. The van der Waals surface area contributed by atoms with Gasteiger partial charge in [-0.25, -0.2) is 0 Å². The van der Waals surface area contributed by atoms with E-state index in [-0.39, 0.29) is 24.4 Å². The summed E-state index contributed by atoms with van der Waals surface area (Å²) in [6.45, 7) is 1.06. The Bertz CT molecular complexity index is 471. The lowest BCUT2D eigenvalue weighted by molar-refractivity contribution is -0.132. The van der Waals surface area contributed by atoms with Crippen LogP contribution in [0.15, 0.2) is 24.3 Å². The Kier molecular flexibility index (Phi) is 5.06. The molecule has 1 aliphatic carbocycles. The zero-order valence-electron chi connectivity index (χ0n) is 12.0. The summed E-state index contributed by atoms with van der Waals surface area (Å²) in [5, 5.41) is 3.40.